The lowest BCUT2D eigenvalue weighted by molar-refractivity contribution is 0.102. The van der Waals surface area contributed by atoms with Gasteiger partial charge in [-0.1, -0.05) is 53.5 Å². The highest BCUT2D eigenvalue weighted by Crippen LogP contribution is 2.37. The number of carbonyl (C=O) groups excluding carboxylic acids is 1. The van der Waals surface area contributed by atoms with Crippen LogP contribution < -0.4 is 5.32 Å². The van der Waals surface area contributed by atoms with Crippen molar-refractivity contribution >= 4 is 45.4 Å². The number of benzene rings is 2. The Kier molecular flexibility index (Phi) is 5.89. The molecule has 4 nitrogen and oxygen atoms in total. The molecule has 2 heterocycles. The summed E-state index contributed by atoms with van der Waals surface area (Å²) in [7, 11) is 0. The number of hydrogen-bond donors (Lipinski definition) is 1. The van der Waals surface area contributed by atoms with Crippen molar-refractivity contribution in [1.29, 1.82) is 5.26 Å². The Balaban J connectivity index is 1.54. The molecule has 1 aliphatic heterocycles. The van der Waals surface area contributed by atoms with Gasteiger partial charge in [-0.25, -0.2) is 0 Å². The number of thiophene rings is 1. The van der Waals surface area contributed by atoms with Crippen LogP contribution in [0.3, 0.4) is 0 Å². The second kappa shape index (κ2) is 8.56. The van der Waals surface area contributed by atoms with Gasteiger partial charge < -0.3 is 5.32 Å². The highest BCUT2D eigenvalue weighted by Gasteiger charge is 2.26. The number of amides is 1. The van der Waals surface area contributed by atoms with Crippen LogP contribution in [0.2, 0.25) is 10.0 Å². The van der Waals surface area contributed by atoms with Crippen molar-refractivity contribution in [3.05, 3.63) is 85.7 Å². The van der Waals surface area contributed by atoms with Gasteiger partial charge in [-0.3, -0.25) is 9.69 Å². The monoisotopic (exact) mass is 441 g/mol. The molecule has 4 rings (SSSR count). The fourth-order valence-electron chi connectivity index (χ4n) is 3.48. The zero-order chi connectivity index (χ0) is 20.4. The van der Waals surface area contributed by atoms with E-state index in [1.54, 1.807) is 12.1 Å². The summed E-state index contributed by atoms with van der Waals surface area (Å²) in [5.41, 5.74) is 3.19. The van der Waals surface area contributed by atoms with Crippen LogP contribution in [0.5, 0.6) is 0 Å². The smallest absolute Gasteiger partial charge is 0.257 e. The highest BCUT2D eigenvalue weighted by atomic mass is 35.5. The summed E-state index contributed by atoms with van der Waals surface area (Å²) in [6.45, 7) is 2.51. The zero-order valence-corrected chi connectivity index (χ0v) is 17.7. The van der Waals surface area contributed by atoms with Gasteiger partial charge in [0.2, 0.25) is 0 Å². The Bertz CT molecular complexity index is 1110. The Hall–Kier alpha value is -2.36. The fraction of sp³-hybridized carbons (Fsp3) is 0.182. The largest absolute Gasteiger partial charge is 0.312 e. The second-order valence-corrected chi connectivity index (χ2v) is 8.79. The molecule has 0 atom stereocenters. The van der Waals surface area contributed by atoms with Gasteiger partial charge in [0.05, 0.1) is 16.1 Å². The average molecular weight is 442 g/mol. The van der Waals surface area contributed by atoms with Crippen LogP contribution in [0.1, 0.15) is 31.9 Å². The van der Waals surface area contributed by atoms with E-state index in [-0.39, 0.29) is 10.9 Å². The van der Waals surface area contributed by atoms with Crippen molar-refractivity contribution in [3.63, 3.8) is 0 Å². The van der Waals surface area contributed by atoms with E-state index in [9.17, 15) is 10.1 Å². The summed E-state index contributed by atoms with van der Waals surface area (Å²) in [5, 5.41) is 13.9. The van der Waals surface area contributed by atoms with Gasteiger partial charge >= 0.3 is 0 Å². The number of fused-ring (bicyclic) bond motifs is 1. The van der Waals surface area contributed by atoms with Crippen molar-refractivity contribution in [2.75, 3.05) is 11.9 Å². The molecule has 0 unspecified atom stereocenters. The van der Waals surface area contributed by atoms with Crippen molar-refractivity contribution in [2.24, 2.45) is 0 Å². The first-order chi connectivity index (χ1) is 14.0. The van der Waals surface area contributed by atoms with E-state index in [1.807, 2.05) is 18.2 Å². The number of halogens is 2. The van der Waals surface area contributed by atoms with E-state index >= 15 is 0 Å². The molecule has 29 heavy (non-hydrogen) atoms. The third-order valence-electron chi connectivity index (χ3n) is 4.90. The molecule has 0 saturated heterocycles. The third-order valence-corrected chi connectivity index (χ3v) is 6.58. The maximum absolute atomic E-state index is 12.7. The fourth-order valence-corrected chi connectivity index (χ4v) is 5.21. The van der Waals surface area contributed by atoms with Crippen LogP contribution in [0.15, 0.2) is 48.5 Å². The molecule has 0 saturated carbocycles. The van der Waals surface area contributed by atoms with Crippen molar-refractivity contribution in [1.82, 2.24) is 4.90 Å². The molecule has 1 amide bonds. The minimum Gasteiger partial charge on any atom is -0.312 e. The van der Waals surface area contributed by atoms with Crippen molar-refractivity contribution in [3.8, 4) is 6.07 Å². The lowest BCUT2D eigenvalue weighted by Gasteiger charge is -2.26. The molecule has 0 spiro atoms. The van der Waals surface area contributed by atoms with Crippen LogP contribution in [0, 0.1) is 11.3 Å². The Morgan fingerprint density at radius 1 is 1.21 bits per heavy atom. The summed E-state index contributed by atoms with van der Waals surface area (Å²) in [6.07, 6.45) is 0.791. The summed E-state index contributed by atoms with van der Waals surface area (Å²) < 4.78 is 0. The molecule has 0 fully saturated rings. The molecular formula is C22H17Cl2N3OS. The minimum absolute atomic E-state index is 0.281. The van der Waals surface area contributed by atoms with E-state index in [0.29, 0.717) is 21.2 Å². The zero-order valence-electron chi connectivity index (χ0n) is 15.4. The molecule has 0 radical (unpaired) electrons. The van der Waals surface area contributed by atoms with Crippen molar-refractivity contribution in [2.45, 2.75) is 19.5 Å². The highest BCUT2D eigenvalue weighted by molar-refractivity contribution is 7.16. The number of carbonyl (C=O) groups is 1. The topological polar surface area (TPSA) is 56.1 Å². The summed E-state index contributed by atoms with van der Waals surface area (Å²) in [5.74, 6) is -0.345. The first-order valence-corrected chi connectivity index (χ1v) is 10.7. The number of nitriles is 1. The summed E-state index contributed by atoms with van der Waals surface area (Å²) in [4.78, 5) is 16.2. The predicted molar refractivity (Wildman–Crippen MR) is 118 cm³/mol. The number of hydrogen-bond acceptors (Lipinski definition) is 4. The van der Waals surface area contributed by atoms with Crippen LogP contribution in [0.4, 0.5) is 5.00 Å². The van der Waals surface area contributed by atoms with E-state index in [4.69, 9.17) is 23.2 Å². The molecule has 1 aromatic heterocycles. The Morgan fingerprint density at radius 3 is 2.72 bits per heavy atom. The normalized spacial score (nSPS) is 13.6. The van der Waals surface area contributed by atoms with Gasteiger partial charge in [-0.05, 0) is 35.7 Å². The first-order valence-electron chi connectivity index (χ1n) is 9.12. The molecular weight excluding hydrogens is 425 g/mol. The van der Waals surface area contributed by atoms with Crippen LogP contribution in [0.25, 0.3) is 0 Å². The quantitative estimate of drug-likeness (QED) is 0.561. The van der Waals surface area contributed by atoms with Gasteiger partial charge in [0.1, 0.15) is 11.1 Å². The summed E-state index contributed by atoms with van der Waals surface area (Å²) in [6, 6.07) is 17.3. The molecule has 3 aromatic rings. The first kappa shape index (κ1) is 19.9. The van der Waals surface area contributed by atoms with E-state index in [1.165, 1.54) is 23.0 Å². The minimum atomic E-state index is -0.345. The van der Waals surface area contributed by atoms with Gasteiger partial charge in [0.25, 0.3) is 5.91 Å². The maximum atomic E-state index is 12.7. The maximum Gasteiger partial charge on any atom is 0.257 e. The standard InChI is InChI=1S/C22H17Cl2N3OS/c23-15-6-7-17(19(24)10-15)21(28)26-22-18(11-25)16-8-9-27(13-20(16)29-22)12-14-4-2-1-3-5-14/h1-7,10H,8-9,12-13H2,(H,26,28). The van der Waals surface area contributed by atoms with E-state index in [2.05, 4.69) is 28.4 Å². The molecule has 1 aliphatic rings. The Morgan fingerprint density at radius 2 is 2.00 bits per heavy atom. The molecule has 0 aliphatic carbocycles. The third kappa shape index (κ3) is 4.31. The molecule has 1 N–H and O–H groups in total. The lowest BCUT2D eigenvalue weighted by Crippen LogP contribution is -2.29. The van der Waals surface area contributed by atoms with Gasteiger partial charge in [-0.15, -0.1) is 11.3 Å². The second-order valence-electron chi connectivity index (χ2n) is 6.84. The summed E-state index contributed by atoms with van der Waals surface area (Å²) >= 11 is 13.5. The predicted octanol–water partition coefficient (Wildman–Crippen LogP) is 5.74. The molecule has 2 aromatic carbocycles. The number of rotatable bonds is 4. The van der Waals surface area contributed by atoms with E-state index < -0.39 is 0 Å². The van der Waals surface area contributed by atoms with Gasteiger partial charge in [-0.2, -0.15) is 5.26 Å². The molecule has 0 bridgehead atoms. The van der Waals surface area contributed by atoms with Crippen molar-refractivity contribution < 1.29 is 4.79 Å². The van der Waals surface area contributed by atoms with E-state index in [0.717, 1.165) is 36.5 Å². The molecule has 7 heteroatoms. The van der Waals surface area contributed by atoms with Crippen LogP contribution in [-0.2, 0) is 19.5 Å². The number of anilines is 1. The SMILES string of the molecule is N#Cc1c(NC(=O)c2ccc(Cl)cc2Cl)sc2c1CCN(Cc1ccccc1)C2. The Labute approximate surface area is 183 Å². The number of nitrogens with one attached hydrogen (secondary N) is 1. The van der Waals surface area contributed by atoms with Gasteiger partial charge in [0.15, 0.2) is 0 Å². The lowest BCUT2D eigenvalue weighted by atomic mass is 10.0. The number of nitrogens with zero attached hydrogens (tertiary/aromatic N) is 2. The molecule has 146 valence electrons. The average Bonchev–Trinajstić information content (AvgIpc) is 3.04. The van der Waals surface area contributed by atoms with Crippen LogP contribution in [-0.4, -0.2) is 17.4 Å². The van der Waals surface area contributed by atoms with Crippen LogP contribution >= 0.6 is 34.5 Å². The van der Waals surface area contributed by atoms with Gasteiger partial charge in [0, 0.05) is 29.5 Å².